The lowest BCUT2D eigenvalue weighted by molar-refractivity contribution is -0.152. The van der Waals surface area contributed by atoms with Crippen molar-refractivity contribution in [3.05, 3.63) is 59.7 Å². The highest BCUT2D eigenvalue weighted by Gasteiger charge is 2.32. The van der Waals surface area contributed by atoms with Gasteiger partial charge in [0, 0.05) is 18.8 Å². The number of nitrogens with one attached hydrogen (secondary N) is 1. The van der Waals surface area contributed by atoms with Gasteiger partial charge in [-0.2, -0.15) is 4.31 Å². The summed E-state index contributed by atoms with van der Waals surface area (Å²) in [6.45, 7) is 8.98. The highest BCUT2D eigenvalue weighted by Crippen LogP contribution is 2.25. The SMILES string of the molecule is CCN(CC)S(=O)(=O)c1ccc(C)c(NC(=O)COC(=O)C(C)(C)c2ccccc2)c1. The second kappa shape index (κ2) is 10.1. The molecule has 1 amide bonds. The lowest BCUT2D eigenvalue weighted by Crippen LogP contribution is -2.33. The van der Waals surface area contributed by atoms with Crippen LogP contribution in [0.2, 0.25) is 0 Å². The van der Waals surface area contributed by atoms with Crippen molar-refractivity contribution < 1.29 is 22.7 Å². The summed E-state index contributed by atoms with van der Waals surface area (Å²) in [5.74, 6) is -1.07. The van der Waals surface area contributed by atoms with Gasteiger partial charge >= 0.3 is 5.97 Å². The maximum Gasteiger partial charge on any atom is 0.316 e. The molecular weight excluding hydrogens is 416 g/mol. The molecule has 2 rings (SSSR count). The van der Waals surface area contributed by atoms with Crippen LogP contribution in [0.4, 0.5) is 5.69 Å². The maximum atomic E-state index is 12.7. The Morgan fingerprint density at radius 1 is 1.03 bits per heavy atom. The molecule has 0 saturated carbocycles. The quantitative estimate of drug-likeness (QED) is 0.595. The van der Waals surface area contributed by atoms with E-state index < -0.39 is 33.9 Å². The molecule has 168 valence electrons. The number of sulfonamides is 1. The maximum absolute atomic E-state index is 12.7. The number of anilines is 1. The van der Waals surface area contributed by atoms with E-state index in [1.807, 2.05) is 30.3 Å². The van der Waals surface area contributed by atoms with Crippen LogP contribution in [-0.4, -0.2) is 44.3 Å². The molecule has 0 fully saturated rings. The molecule has 8 heteroatoms. The molecule has 0 heterocycles. The molecule has 1 N–H and O–H groups in total. The Labute approximate surface area is 184 Å². The number of amides is 1. The van der Waals surface area contributed by atoms with E-state index in [9.17, 15) is 18.0 Å². The van der Waals surface area contributed by atoms with E-state index in [0.29, 0.717) is 24.3 Å². The van der Waals surface area contributed by atoms with Gasteiger partial charge in [-0.15, -0.1) is 0 Å². The Morgan fingerprint density at radius 3 is 2.23 bits per heavy atom. The summed E-state index contributed by atoms with van der Waals surface area (Å²) in [7, 11) is -3.66. The number of esters is 1. The first-order valence-corrected chi connectivity index (χ1v) is 11.6. The molecule has 0 spiro atoms. The molecular formula is C23H30N2O5S. The van der Waals surface area contributed by atoms with Gasteiger partial charge in [-0.1, -0.05) is 50.2 Å². The number of carbonyl (C=O) groups excluding carboxylic acids is 2. The van der Waals surface area contributed by atoms with E-state index >= 15 is 0 Å². The number of nitrogens with zero attached hydrogens (tertiary/aromatic N) is 1. The molecule has 2 aromatic carbocycles. The van der Waals surface area contributed by atoms with E-state index in [1.165, 1.54) is 16.4 Å². The number of benzene rings is 2. The minimum atomic E-state index is -3.66. The van der Waals surface area contributed by atoms with Crippen molar-refractivity contribution in [2.75, 3.05) is 25.0 Å². The van der Waals surface area contributed by atoms with Gasteiger partial charge in [0.05, 0.1) is 10.3 Å². The van der Waals surface area contributed by atoms with Crippen LogP contribution in [0, 0.1) is 6.92 Å². The summed E-state index contributed by atoms with van der Waals surface area (Å²) < 4.78 is 32.1. The van der Waals surface area contributed by atoms with Crippen molar-refractivity contribution in [3.8, 4) is 0 Å². The summed E-state index contributed by atoms with van der Waals surface area (Å²) in [4.78, 5) is 25.0. The first kappa shape index (κ1) is 24.6. The lowest BCUT2D eigenvalue weighted by Gasteiger charge is -2.23. The van der Waals surface area contributed by atoms with Gasteiger partial charge in [-0.05, 0) is 44.0 Å². The molecule has 0 radical (unpaired) electrons. The van der Waals surface area contributed by atoms with Crippen LogP contribution in [-0.2, 0) is 29.8 Å². The van der Waals surface area contributed by atoms with Gasteiger partial charge in [0.15, 0.2) is 6.61 Å². The molecule has 0 aliphatic carbocycles. The second-order valence-electron chi connectivity index (χ2n) is 7.68. The van der Waals surface area contributed by atoms with Crippen LogP contribution in [0.5, 0.6) is 0 Å². The number of hydrogen-bond donors (Lipinski definition) is 1. The third kappa shape index (κ3) is 5.71. The summed E-state index contributed by atoms with van der Waals surface area (Å²) in [6.07, 6.45) is 0. The predicted molar refractivity (Wildman–Crippen MR) is 120 cm³/mol. The largest absolute Gasteiger partial charge is 0.455 e. The molecule has 0 bridgehead atoms. The Balaban J connectivity index is 2.10. The van der Waals surface area contributed by atoms with E-state index in [4.69, 9.17) is 4.74 Å². The monoisotopic (exact) mass is 446 g/mol. The smallest absolute Gasteiger partial charge is 0.316 e. The molecule has 0 saturated heterocycles. The zero-order valence-electron chi connectivity index (χ0n) is 18.6. The summed E-state index contributed by atoms with van der Waals surface area (Å²) in [5, 5.41) is 2.65. The summed E-state index contributed by atoms with van der Waals surface area (Å²) in [5.41, 5.74) is 0.930. The topological polar surface area (TPSA) is 92.8 Å². The lowest BCUT2D eigenvalue weighted by atomic mass is 9.85. The van der Waals surface area contributed by atoms with E-state index in [0.717, 1.165) is 5.56 Å². The van der Waals surface area contributed by atoms with Crippen molar-refractivity contribution >= 4 is 27.6 Å². The molecule has 31 heavy (non-hydrogen) atoms. The summed E-state index contributed by atoms with van der Waals surface area (Å²) in [6, 6.07) is 13.8. The molecule has 0 aromatic heterocycles. The van der Waals surface area contributed by atoms with Crippen LogP contribution in [0.25, 0.3) is 0 Å². The number of ether oxygens (including phenoxy) is 1. The van der Waals surface area contributed by atoms with Gasteiger partial charge < -0.3 is 10.1 Å². The van der Waals surface area contributed by atoms with Gasteiger partial charge in [-0.25, -0.2) is 8.42 Å². The van der Waals surface area contributed by atoms with E-state index in [-0.39, 0.29) is 4.90 Å². The minimum absolute atomic E-state index is 0.0966. The van der Waals surface area contributed by atoms with Crippen molar-refractivity contribution in [2.24, 2.45) is 0 Å². The van der Waals surface area contributed by atoms with Crippen molar-refractivity contribution in [1.82, 2.24) is 4.31 Å². The van der Waals surface area contributed by atoms with Crippen molar-refractivity contribution in [2.45, 2.75) is 44.9 Å². The molecule has 7 nitrogen and oxygen atoms in total. The van der Waals surface area contributed by atoms with Crippen LogP contribution in [0.3, 0.4) is 0 Å². The number of rotatable bonds is 9. The molecule has 0 aliphatic heterocycles. The molecule has 0 atom stereocenters. The first-order chi connectivity index (χ1) is 14.5. The fraction of sp³-hybridized carbons (Fsp3) is 0.391. The number of carbonyl (C=O) groups is 2. The number of hydrogen-bond acceptors (Lipinski definition) is 5. The van der Waals surface area contributed by atoms with Gasteiger partial charge in [0.25, 0.3) is 5.91 Å². The molecule has 0 aliphatic rings. The van der Waals surface area contributed by atoms with Gasteiger partial charge in [0.1, 0.15) is 0 Å². The zero-order chi connectivity index (χ0) is 23.2. The average Bonchev–Trinajstić information content (AvgIpc) is 2.74. The Kier molecular flexibility index (Phi) is 7.97. The predicted octanol–water partition coefficient (Wildman–Crippen LogP) is 3.49. The summed E-state index contributed by atoms with van der Waals surface area (Å²) >= 11 is 0. The van der Waals surface area contributed by atoms with Crippen LogP contribution < -0.4 is 5.32 Å². The highest BCUT2D eigenvalue weighted by atomic mass is 32.2. The third-order valence-corrected chi connectivity index (χ3v) is 7.21. The zero-order valence-corrected chi connectivity index (χ0v) is 19.5. The van der Waals surface area contributed by atoms with Crippen molar-refractivity contribution in [3.63, 3.8) is 0 Å². The first-order valence-electron chi connectivity index (χ1n) is 10.2. The Bertz CT molecular complexity index is 1030. The van der Waals surface area contributed by atoms with E-state index in [1.54, 1.807) is 40.7 Å². The van der Waals surface area contributed by atoms with Crippen LogP contribution in [0.1, 0.15) is 38.8 Å². The number of aryl methyl sites for hydroxylation is 1. The van der Waals surface area contributed by atoms with Crippen molar-refractivity contribution in [1.29, 1.82) is 0 Å². The highest BCUT2D eigenvalue weighted by molar-refractivity contribution is 7.89. The molecule has 2 aromatic rings. The van der Waals surface area contributed by atoms with Crippen LogP contribution >= 0.6 is 0 Å². The van der Waals surface area contributed by atoms with E-state index in [2.05, 4.69) is 5.32 Å². The average molecular weight is 447 g/mol. The van der Waals surface area contributed by atoms with Gasteiger partial charge in [-0.3, -0.25) is 9.59 Å². The fourth-order valence-corrected chi connectivity index (χ4v) is 4.56. The Hall–Kier alpha value is -2.71. The third-order valence-electron chi connectivity index (χ3n) is 5.17. The molecule has 0 unspecified atom stereocenters. The van der Waals surface area contributed by atoms with Crippen LogP contribution in [0.15, 0.2) is 53.4 Å². The fourth-order valence-electron chi connectivity index (χ4n) is 3.08. The Morgan fingerprint density at radius 2 is 1.65 bits per heavy atom. The second-order valence-corrected chi connectivity index (χ2v) is 9.62. The van der Waals surface area contributed by atoms with Gasteiger partial charge in [0.2, 0.25) is 10.0 Å². The standard InChI is InChI=1S/C23H30N2O5S/c1-6-25(7-2)31(28,29)19-14-13-17(3)20(15-19)24-21(26)16-30-22(27)23(4,5)18-11-9-8-10-12-18/h8-15H,6-7,16H2,1-5H3,(H,24,26). The minimum Gasteiger partial charge on any atom is -0.455 e. The normalized spacial score (nSPS) is 11.9.